The lowest BCUT2D eigenvalue weighted by molar-refractivity contribution is 0.173. The van der Waals surface area contributed by atoms with E-state index >= 15 is 0 Å². The fourth-order valence-corrected chi connectivity index (χ4v) is 1.48. The topological polar surface area (TPSA) is 48.6 Å². The van der Waals surface area contributed by atoms with Crippen molar-refractivity contribution >= 4 is 5.71 Å². The largest absolute Gasteiger partial charge is 0.383 e. The fraction of sp³-hybridized carbons (Fsp3) is 0.429. The van der Waals surface area contributed by atoms with Gasteiger partial charge in [-0.3, -0.25) is 0 Å². The van der Waals surface area contributed by atoms with E-state index in [0.717, 1.165) is 18.7 Å². The number of hydrogen-bond acceptors (Lipinski definition) is 4. The summed E-state index contributed by atoms with van der Waals surface area (Å²) in [5.74, 6) is 0. The molecule has 0 spiro atoms. The number of methoxy groups -OCH3 is 1. The lowest BCUT2D eigenvalue weighted by Crippen LogP contribution is -2.22. The summed E-state index contributed by atoms with van der Waals surface area (Å²) >= 11 is 0. The molecular formula is C14H19N3O. The maximum Gasteiger partial charge on any atom is 0.121 e. The van der Waals surface area contributed by atoms with Crippen LogP contribution in [0.4, 0.5) is 0 Å². The summed E-state index contributed by atoms with van der Waals surface area (Å²) in [6.45, 7) is 1.48. The number of likely N-dealkylation sites (N-methyl/N-ethyl adjacent to an activating group) is 1. The van der Waals surface area contributed by atoms with Crippen molar-refractivity contribution < 1.29 is 4.74 Å². The molecule has 0 fully saturated rings. The summed E-state index contributed by atoms with van der Waals surface area (Å²) in [6, 6.07) is 2.11. The molecule has 0 saturated heterocycles. The minimum Gasteiger partial charge on any atom is -0.383 e. The molecule has 0 saturated carbocycles. The van der Waals surface area contributed by atoms with Gasteiger partial charge in [0.1, 0.15) is 11.8 Å². The number of nitriles is 1. The molecule has 0 radical (unpaired) electrons. The molecule has 1 rings (SSSR count). The molecule has 1 heterocycles. The van der Waals surface area contributed by atoms with Crippen LogP contribution in [0, 0.1) is 11.3 Å². The van der Waals surface area contributed by atoms with Crippen LogP contribution in [0.3, 0.4) is 0 Å². The van der Waals surface area contributed by atoms with Crippen LogP contribution in [0.25, 0.3) is 0 Å². The molecule has 4 heteroatoms. The second-order valence-electron chi connectivity index (χ2n) is 3.99. The van der Waals surface area contributed by atoms with E-state index < -0.39 is 0 Å². The predicted molar refractivity (Wildman–Crippen MR) is 73.2 cm³/mol. The SMILES string of the molecule is COCCN(C)/C1=C/N=C(C#N)C/C=C\C=C/C1. The van der Waals surface area contributed by atoms with Gasteiger partial charge in [0.05, 0.1) is 6.61 Å². The van der Waals surface area contributed by atoms with Gasteiger partial charge in [0.25, 0.3) is 0 Å². The molecule has 96 valence electrons. The molecule has 18 heavy (non-hydrogen) atoms. The maximum absolute atomic E-state index is 8.94. The summed E-state index contributed by atoms with van der Waals surface area (Å²) in [6.07, 6.45) is 11.1. The van der Waals surface area contributed by atoms with E-state index in [4.69, 9.17) is 10.00 Å². The summed E-state index contributed by atoms with van der Waals surface area (Å²) in [4.78, 5) is 6.33. The number of allylic oxidation sites excluding steroid dienone is 4. The predicted octanol–water partition coefficient (Wildman–Crippen LogP) is 2.28. The van der Waals surface area contributed by atoms with Crippen LogP contribution in [0.2, 0.25) is 0 Å². The average molecular weight is 245 g/mol. The van der Waals surface area contributed by atoms with Crippen molar-refractivity contribution in [1.29, 1.82) is 5.26 Å². The Balaban J connectivity index is 2.82. The molecule has 0 atom stereocenters. The van der Waals surface area contributed by atoms with E-state index in [1.165, 1.54) is 0 Å². The molecule has 0 unspecified atom stereocenters. The molecule has 0 aromatic heterocycles. The summed E-state index contributed by atoms with van der Waals surface area (Å²) in [5, 5.41) is 8.94. The van der Waals surface area contributed by atoms with E-state index in [-0.39, 0.29) is 0 Å². The van der Waals surface area contributed by atoms with Gasteiger partial charge in [0, 0.05) is 45.4 Å². The zero-order valence-corrected chi connectivity index (χ0v) is 11.0. The Morgan fingerprint density at radius 2 is 2.11 bits per heavy atom. The van der Waals surface area contributed by atoms with Crippen LogP contribution >= 0.6 is 0 Å². The van der Waals surface area contributed by atoms with Crippen molar-refractivity contribution in [1.82, 2.24) is 4.90 Å². The molecule has 1 aliphatic heterocycles. The van der Waals surface area contributed by atoms with Crippen molar-refractivity contribution in [3.8, 4) is 6.07 Å². The lowest BCUT2D eigenvalue weighted by atomic mass is 10.2. The first kappa shape index (κ1) is 14.2. The van der Waals surface area contributed by atoms with Gasteiger partial charge in [0.15, 0.2) is 0 Å². The summed E-state index contributed by atoms with van der Waals surface area (Å²) in [5.41, 5.74) is 1.60. The maximum atomic E-state index is 8.94. The minimum absolute atomic E-state index is 0.527. The quantitative estimate of drug-likeness (QED) is 0.763. The third-order valence-corrected chi connectivity index (χ3v) is 2.64. The molecule has 4 nitrogen and oxygen atoms in total. The van der Waals surface area contributed by atoms with Crippen LogP contribution in [-0.4, -0.2) is 37.9 Å². The number of aliphatic imine (C=N–C) groups is 1. The highest BCUT2D eigenvalue weighted by Crippen LogP contribution is 2.09. The molecule has 0 aromatic carbocycles. The Kier molecular flexibility index (Phi) is 6.52. The normalized spacial score (nSPS) is 22.1. The van der Waals surface area contributed by atoms with E-state index in [9.17, 15) is 0 Å². The van der Waals surface area contributed by atoms with Gasteiger partial charge in [-0.2, -0.15) is 5.26 Å². The van der Waals surface area contributed by atoms with Gasteiger partial charge in [-0.15, -0.1) is 0 Å². The lowest BCUT2D eigenvalue weighted by Gasteiger charge is -2.20. The van der Waals surface area contributed by atoms with Crippen molar-refractivity contribution in [2.45, 2.75) is 12.8 Å². The van der Waals surface area contributed by atoms with Crippen molar-refractivity contribution in [2.75, 3.05) is 27.3 Å². The first-order valence-electron chi connectivity index (χ1n) is 5.95. The first-order valence-corrected chi connectivity index (χ1v) is 5.95. The van der Waals surface area contributed by atoms with Crippen molar-refractivity contribution in [3.05, 3.63) is 36.2 Å². The smallest absolute Gasteiger partial charge is 0.121 e. The van der Waals surface area contributed by atoms with Crippen molar-refractivity contribution in [2.24, 2.45) is 4.99 Å². The van der Waals surface area contributed by atoms with E-state index in [1.54, 1.807) is 13.3 Å². The highest BCUT2D eigenvalue weighted by Gasteiger charge is 2.03. The summed E-state index contributed by atoms with van der Waals surface area (Å²) in [7, 11) is 3.69. The second-order valence-corrected chi connectivity index (χ2v) is 3.99. The monoisotopic (exact) mass is 245 g/mol. The second kappa shape index (κ2) is 8.26. The number of nitrogens with zero attached hydrogens (tertiary/aromatic N) is 3. The Morgan fingerprint density at radius 1 is 1.39 bits per heavy atom. The highest BCUT2D eigenvalue weighted by atomic mass is 16.5. The molecule has 0 amide bonds. The van der Waals surface area contributed by atoms with Crippen LogP contribution in [0.15, 0.2) is 41.2 Å². The number of hydrogen-bond donors (Lipinski definition) is 0. The van der Waals surface area contributed by atoms with E-state index in [0.29, 0.717) is 18.7 Å². The van der Waals surface area contributed by atoms with Gasteiger partial charge >= 0.3 is 0 Å². The van der Waals surface area contributed by atoms with Gasteiger partial charge in [0.2, 0.25) is 0 Å². The van der Waals surface area contributed by atoms with E-state index in [1.807, 2.05) is 25.3 Å². The van der Waals surface area contributed by atoms with Gasteiger partial charge < -0.3 is 9.64 Å². The van der Waals surface area contributed by atoms with Gasteiger partial charge in [-0.25, -0.2) is 4.99 Å². The zero-order valence-electron chi connectivity index (χ0n) is 11.0. The molecule has 0 bridgehead atoms. The van der Waals surface area contributed by atoms with Crippen LogP contribution in [0.1, 0.15) is 12.8 Å². The molecular weight excluding hydrogens is 226 g/mol. The number of ether oxygens (including phenoxy) is 1. The van der Waals surface area contributed by atoms with Gasteiger partial charge in [-0.1, -0.05) is 24.3 Å². The first-order chi connectivity index (χ1) is 8.77. The van der Waals surface area contributed by atoms with Gasteiger partial charge in [-0.05, 0) is 0 Å². The van der Waals surface area contributed by atoms with E-state index in [2.05, 4.69) is 22.0 Å². The van der Waals surface area contributed by atoms with Crippen LogP contribution < -0.4 is 0 Å². The third kappa shape index (κ3) is 4.98. The third-order valence-electron chi connectivity index (χ3n) is 2.64. The summed E-state index contributed by atoms with van der Waals surface area (Å²) < 4.78 is 5.06. The van der Waals surface area contributed by atoms with Crippen LogP contribution in [0.5, 0.6) is 0 Å². The molecule has 0 aromatic rings. The molecule has 0 aliphatic carbocycles. The Bertz CT molecular complexity index is 413. The Hall–Kier alpha value is -1.86. The standard InChI is InChI=1S/C14H19N3O/c1-17(9-10-18-2)14-8-6-4-3-5-7-13(11-15)16-12-14/h3-6,12H,7-10H2,1-2H3/b5-3-,6-4-,14-12+,16-13?. The minimum atomic E-state index is 0.527. The Labute approximate surface area is 109 Å². The Morgan fingerprint density at radius 3 is 2.78 bits per heavy atom. The zero-order chi connectivity index (χ0) is 13.2. The van der Waals surface area contributed by atoms with Crippen LogP contribution in [-0.2, 0) is 4.74 Å². The molecule has 1 aliphatic rings. The van der Waals surface area contributed by atoms with Crippen molar-refractivity contribution in [3.63, 3.8) is 0 Å². The highest BCUT2D eigenvalue weighted by molar-refractivity contribution is 5.99. The molecule has 0 N–H and O–H groups in total. The average Bonchev–Trinajstić information content (AvgIpc) is 2.41. The number of rotatable bonds is 4. The fourth-order valence-electron chi connectivity index (χ4n) is 1.48.